The van der Waals surface area contributed by atoms with E-state index in [4.69, 9.17) is 15.9 Å². The number of amides is 1. The van der Waals surface area contributed by atoms with Gasteiger partial charge in [0.15, 0.2) is 0 Å². The SMILES string of the molecule is N[C@@H](CCCCNC(=O)CCCCCCCCCC(=O)O)C(=O)O. The second-order valence-corrected chi connectivity index (χ2v) is 6.16. The molecule has 0 heterocycles. The van der Waals surface area contributed by atoms with Crippen LogP contribution in [-0.2, 0) is 14.4 Å². The number of rotatable bonds is 16. The first-order valence-corrected chi connectivity index (χ1v) is 8.90. The highest BCUT2D eigenvalue weighted by molar-refractivity contribution is 5.75. The third kappa shape index (κ3) is 15.3. The van der Waals surface area contributed by atoms with Crippen molar-refractivity contribution < 1.29 is 24.6 Å². The Morgan fingerprint density at radius 2 is 1.33 bits per heavy atom. The number of hydrogen-bond donors (Lipinski definition) is 4. The quantitative estimate of drug-likeness (QED) is 0.318. The van der Waals surface area contributed by atoms with Gasteiger partial charge in [0.1, 0.15) is 6.04 Å². The largest absolute Gasteiger partial charge is 0.481 e. The van der Waals surface area contributed by atoms with Crippen molar-refractivity contribution in [1.82, 2.24) is 5.32 Å². The molecule has 0 saturated carbocycles. The van der Waals surface area contributed by atoms with Gasteiger partial charge in [-0.3, -0.25) is 14.4 Å². The van der Waals surface area contributed by atoms with E-state index in [1.54, 1.807) is 0 Å². The fraction of sp³-hybridized carbons (Fsp3) is 0.824. The predicted octanol–water partition coefficient (Wildman–Crippen LogP) is 2.28. The summed E-state index contributed by atoms with van der Waals surface area (Å²) in [5, 5.41) is 20.0. The van der Waals surface area contributed by atoms with Gasteiger partial charge in [-0.25, -0.2) is 0 Å². The molecular formula is C17H32N2O5. The Bertz CT molecular complexity index is 374. The van der Waals surface area contributed by atoms with Crippen LogP contribution >= 0.6 is 0 Å². The van der Waals surface area contributed by atoms with Crippen LogP contribution in [0.4, 0.5) is 0 Å². The van der Waals surface area contributed by atoms with E-state index in [1.807, 2.05) is 0 Å². The van der Waals surface area contributed by atoms with Crippen molar-refractivity contribution >= 4 is 17.8 Å². The molecule has 1 atom stereocenters. The number of carbonyl (C=O) groups excluding carboxylic acids is 1. The Morgan fingerprint density at radius 3 is 1.88 bits per heavy atom. The molecule has 140 valence electrons. The fourth-order valence-corrected chi connectivity index (χ4v) is 2.37. The molecule has 0 aliphatic heterocycles. The zero-order chi connectivity index (χ0) is 18.2. The number of unbranched alkanes of at least 4 members (excludes halogenated alkanes) is 7. The lowest BCUT2D eigenvalue weighted by molar-refractivity contribution is -0.139. The normalized spacial score (nSPS) is 11.9. The number of hydrogen-bond acceptors (Lipinski definition) is 4. The first-order chi connectivity index (χ1) is 11.4. The third-order valence-corrected chi connectivity index (χ3v) is 3.88. The predicted molar refractivity (Wildman–Crippen MR) is 91.7 cm³/mol. The maximum Gasteiger partial charge on any atom is 0.320 e. The summed E-state index contributed by atoms with van der Waals surface area (Å²) in [6.07, 6.45) is 9.43. The molecule has 0 radical (unpaired) electrons. The average Bonchev–Trinajstić information content (AvgIpc) is 2.52. The molecule has 0 rings (SSSR count). The topological polar surface area (TPSA) is 130 Å². The Kier molecular flexibility index (Phi) is 13.9. The summed E-state index contributed by atoms with van der Waals surface area (Å²) in [6, 6.07) is -0.815. The molecule has 7 heteroatoms. The van der Waals surface area contributed by atoms with Crippen LogP contribution < -0.4 is 11.1 Å². The maximum absolute atomic E-state index is 11.6. The molecule has 24 heavy (non-hydrogen) atoms. The minimum atomic E-state index is -0.985. The summed E-state index contributed by atoms with van der Waals surface area (Å²) < 4.78 is 0. The zero-order valence-electron chi connectivity index (χ0n) is 14.5. The van der Waals surface area contributed by atoms with Crippen LogP contribution in [0.15, 0.2) is 0 Å². The van der Waals surface area contributed by atoms with Gasteiger partial charge in [0.25, 0.3) is 0 Å². The second-order valence-electron chi connectivity index (χ2n) is 6.16. The van der Waals surface area contributed by atoms with Crippen LogP contribution in [0.25, 0.3) is 0 Å². The smallest absolute Gasteiger partial charge is 0.320 e. The van der Waals surface area contributed by atoms with Gasteiger partial charge >= 0.3 is 11.9 Å². The molecule has 0 bridgehead atoms. The van der Waals surface area contributed by atoms with Gasteiger partial charge in [-0.2, -0.15) is 0 Å². The van der Waals surface area contributed by atoms with Gasteiger partial charge in [0.2, 0.25) is 5.91 Å². The summed E-state index contributed by atoms with van der Waals surface area (Å²) in [5.74, 6) is -1.68. The number of aliphatic carboxylic acids is 2. The van der Waals surface area contributed by atoms with Gasteiger partial charge in [-0.1, -0.05) is 32.1 Å². The van der Waals surface area contributed by atoms with Crippen molar-refractivity contribution in [1.29, 1.82) is 0 Å². The van der Waals surface area contributed by atoms with E-state index >= 15 is 0 Å². The monoisotopic (exact) mass is 344 g/mol. The van der Waals surface area contributed by atoms with E-state index in [0.29, 0.717) is 25.8 Å². The minimum absolute atomic E-state index is 0.0407. The molecule has 0 aliphatic rings. The molecule has 5 N–H and O–H groups in total. The highest BCUT2D eigenvalue weighted by atomic mass is 16.4. The fourth-order valence-electron chi connectivity index (χ4n) is 2.37. The maximum atomic E-state index is 11.6. The van der Waals surface area contributed by atoms with Crippen molar-refractivity contribution in [3.63, 3.8) is 0 Å². The number of carboxylic acids is 2. The number of nitrogens with two attached hydrogens (primary N) is 1. The van der Waals surface area contributed by atoms with Crippen molar-refractivity contribution in [3.05, 3.63) is 0 Å². The lowest BCUT2D eigenvalue weighted by Gasteiger charge is -2.07. The van der Waals surface area contributed by atoms with Crippen LogP contribution in [0.5, 0.6) is 0 Å². The summed E-state index contributed by atoms with van der Waals surface area (Å²) in [5.41, 5.74) is 5.39. The molecule has 1 amide bonds. The molecule has 0 saturated heterocycles. The average molecular weight is 344 g/mol. The van der Waals surface area contributed by atoms with Crippen molar-refractivity contribution in [2.45, 2.75) is 83.1 Å². The Balaban J connectivity index is 3.29. The Labute approximate surface area is 144 Å². The zero-order valence-corrected chi connectivity index (χ0v) is 14.5. The van der Waals surface area contributed by atoms with E-state index in [-0.39, 0.29) is 12.3 Å². The van der Waals surface area contributed by atoms with Crippen LogP contribution in [0.1, 0.15) is 77.0 Å². The lowest BCUT2D eigenvalue weighted by atomic mass is 10.1. The first kappa shape index (κ1) is 22.4. The highest BCUT2D eigenvalue weighted by Crippen LogP contribution is 2.09. The van der Waals surface area contributed by atoms with Crippen molar-refractivity contribution in [3.8, 4) is 0 Å². The second kappa shape index (κ2) is 14.9. The first-order valence-electron chi connectivity index (χ1n) is 8.90. The van der Waals surface area contributed by atoms with Crippen LogP contribution in [0.2, 0.25) is 0 Å². The van der Waals surface area contributed by atoms with E-state index in [0.717, 1.165) is 51.4 Å². The summed E-state index contributed by atoms with van der Waals surface area (Å²) in [4.78, 5) is 32.5. The molecule has 7 nitrogen and oxygen atoms in total. The van der Waals surface area contributed by atoms with Crippen LogP contribution in [0.3, 0.4) is 0 Å². The molecule has 0 fully saturated rings. The standard InChI is InChI=1S/C17H32N2O5/c18-14(17(23)24)10-8-9-13-19-15(20)11-6-4-2-1-3-5-7-12-16(21)22/h14H,1-13,18H2,(H,19,20)(H,21,22)(H,23,24)/t14-/m0/s1. The van der Waals surface area contributed by atoms with Gasteiger partial charge < -0.3 is 21.3 Å². The molecule has 0 unspecified atom stereocenters. The molecule has 0 aromatic carbocycles. The summed E-state index contributed by atoms with van der Waals surface area (Å²) in [7, 11) is 0. The van der Waals surface area contributed by atoms with Crippen LogP contribution in [0, 0.1) is 0 Å². The van der Waals surface area contributed by atoms with Gasteiger partial charge in [-0.15, -0.1) is 0 Å². The van der Waals surface area contributed by atoms with Crippen LogP contribution in [-0.4, -0.2) is 40.6 Å². The molecular weight excluding hydrogens is 312 g/mol. The molecule has 0 aromatic heterocycles. The summed E-state index contributed by atoms with van der Waals surface area (Å²) >= 11 is 0. The van der Waals surface area contributed by atoms with Crippen molar-refractivity contribution in [2.75, 3.05) is 6.54 Å². The highest BCUT2D eigenvalue weighted by Gasteiger charge is 2.10. The number of carbonyl (C=O) groups is 3. The van der Waals surface area contributed by atoms with Crippen molar-refractivity contribution in [2.24, 2.45) is 5.73 Å². The Morgan fingerprint density at radius 1 is 0.792 bits per heavy atom. The van der Waals surface area contributed by atoms with Gasteiger partial charge in [0.05, 0.1) is 0 Å². The third-order valence-electron chi connectivity index (χ3n) is 3.88. The Hall–Kier alpha value is -1.63. The number of carboxylic acid groups (broad SMARTS) is 2. The molecule has 0 spiro atoms. The molecule has 0 aliphatic carbocycles. The lowest BCUT2D eigenvalue weighted by Crippen LogP contribution is -2.30. The summed E-state index contributed by atoms with van der Waals surface area (Å²) in [6.45, 7) is 0.564. The molecule has 0 aromatic rings. The van der Waals surface area contributed by atoms with E-state index in [1.165, 1.54) is 0 Å². The van der Waals surface area contributed by atoms with E-state index < -0.39 is 18.0 Å². The van der Waals surface area contributed by atoms with E-state index in [2.05, 4.69) is 5.32 Å². The van der Waals surface area contributed by atoms with Gasteiger partial charge in [-0.05, 0) is 32.1 Å². The minimum Gasteiger partial charge on any atom is -0.481 e. The van der Waals surface area contributed by atoms with E-state index in [9.17, 15) is 14.4 Å². The van der Waals surface area contributed by atoms with Gasteiger partial charge in [0, 0.05) is 19.4 Å². The number of nitrogens with one attached hydrogen (secondary N) is 1.